The lowest BCUT2D eigenvalue weighted by Crippen LogP contribution is -2.27. The lowest BCUT2D eigenvalue weighted by molar-refractivity contribution is 0.0773. The maximum Gasteiger partial charge on any atom is 0.293 e. The molecule has 0 radical (unpaired) electrons. The van der Waals surface area contributed by atoms with Crippen molar-refractivity contribution >= 4 is 11.7 Å². The minimum absolute atomic E-state index is 0.148. The molecule has 0 aliphatic rings. The third kappa shape index (κ3) is 3.60. The molecule has 7 nitrogen and oxygen atoms in total. The summed E-state index contributed by atoms with van der Waals surface area (Å²) in [6.45, 7) is 6.84. The lowest BCUT2D eigenvalue weighted by atomic mass is 10.2. The molecular weight excluding hydrogens is 318 g/mol. The summed E-state index contributed by atoms with van der Waals surface area (Å²) >= 11 is 0. The Labute approximate surface area is 146 Å². The van der Waals surface area contributed by atoms with Crippen molar-refractivity contribution in [1.29, 1.82) is 0 Å². The summed E-state index contributed by atoms with van der Waals surface area (Å²) < 4.78 is 7.02. The molecular formula is C18H21N5O2. The quantitative estimate of drug-likeness (QED) is 0.714. The molecule has 1 amide bonds. The predicted octanol–water partition coefficient (Wildman–Crippen LogP) is 2.41. The Balaban J connectivity index is 1.77. The Bertz CT molecular complexity index is 902. The van der Waals surface area contributed by atoms with Crippen LogP contribution in [-0.4, -0.2) is 44.0 Å². The SMILES string of the molecule is CCOc1ccc(CN(C)C(=O)c2nc3nc(C)cc(C)n3n2)cc1. The van der Waals surface area contributed by atoms with Gasteiger partial charge in [-0.2, -0.15) is 4.98 Å². The Kier molecular flexibility index (Phi) is 4.65. The molecule has 3 rings (SSSR count). The van der Waals surface area contributed by atoms with Crippen LogP contribution < -0.4 is 4.74 Å². The summed E-state index contributed by atoms with van der Waals surface area (Å²) in [7, 11) is 1.73. The molecule has 0 N–H and O–H groups in total. The summed E-state index contributed by atoms with van der Waals surface area (Å²) in [4.78, 5) is 22.8. The molecule has 7 heteroatoms. The first-order valence-corrected chi connectivity index (χ1v) is 8.16. The normalized spacial score (nSPS) is 10.9. The molecule has 0 fully saturated rings. The van der Waals surface area contributed by atoms with E-state index in [4.69, 9.17) is 4.74 Å². The van der Waals surface area contributed by atoms with E-state index in [2.05, 4.69) is 15.1 Å². The minimum atomic E-state index is -0.239. The molecule has 0 saturated carbocycles. The Morgan fingerprint density at radius 1 is 1.20 bits per heavy atom. The first-order chi connectivity index (χ1) is 12.0. The van der Waals surface area contributed by atoms with Crippen LogP contribution in [0.3, 0.4) is 0 Å². The summed E-state index contributed by atoms with van der Waals surface area (Å²) in [5, 5.41) is 4.29. The van der Waals surface area contributed by atoms with Gasteiger partial charge in [0.15, 0.2) is 0 Å². The van der Waals surface area contributed by atoms with Gasteiger partial charge in [0.1, 0.15) is 5.75 Å². The van der Waals surface area contributed by atoms with Gasteiger partial charge in [0.2, 0.25) is 5.82 Å². The number of aryl methyl sites for hydroxylation is 2. The largest absolute Gasteiger partial charge is 0.494 e. The molecule has 0 aliphatic heterocycles. The van der Waals surface area contributed by atoms with E-state index in [0.717, 1.165) is 22.7 Å². The fourth-order valence-electron chi connectivity index (χ4n) is 2.63. The van der Waals surface area contributed by atoms with E-state index in [1.165, 1.54) is 0 Å². The highest BCUT2D eigenvalue weighted by Gasteiger charge is 2.19. The van der Waals surface area contributed by atoms with Crippen LogP contribution in [0.5, 0.6) is 5.75 Å². The standard InChI is InChI=1S/C18H21N5O2/c1-5-25-15-8-6-14(7-9-15)11-22(4)17(24)16-20-18-19-12(2)10-13(3)23(18)21-16/h6-10H,5,11H2,1-4H3. The number of amides is 1. The molecule has 0 aliphatic carbocycles. The van der Waals surface area contributed by atoms with Crippen LogP contribution in [0, 0.1) is 13.8 Å². The Hall–Kier alpha value is -2.96. The first kappa shape index (κ1) is 16.9. The van der Waals surface area contributed by atoms with E-state index in [1.807, 2.05) is 51.1 Å². The van der Waals surface area contributed by atoms with Gasteiger partial charge < -0.3 is 9.64 Å². The van der Waals surface area contributed by atoms with Crippen molar-refractivity contribution in [2.24, 2.45) is 0 Å². The zero-order valence-electron chi connectivity index (χ0n) is 14.9. The van der Waals surface area contributed by atoms with Gasteiger partial charge in [0.25, 0.3) is 11.7 Å². The average molecular weight is 339 g/mol. The van der Waals surface area contributed by atoms with Gasteiger partial charge in [0.05, 0.1) is 6.61 Å². The number of carbonyl (C=O) groups is 1. The second kappa shape index (κ2) is 6.88. The van der Waals surface area contributed by atoms with Gasteiger partial charge >= 0.3 is 0 Å². The lowest BCUT2D eigenvalue weighted by Gasteiger charge is -2.15. The molecule has 0 bridgehead atoms. The van der Waals surface area contributed by atoms with Crippen LogP contribution in [0.4, 0.5) is 0 Å². The van der Waals surface area contributed by atoms with Gasteiger partial charge in [-0.05, 0) is 44.5 Å². The Morgan fingerprint density at radius 3 is 2.60 bits per heavy atom. The summed E-state index contributed by atoms with van der Waals surface area (Å²) in [5.41, 5.74) is 2.75. The molecule has 3 aromatic rings. The van der Waals surface area contributed by atoms with E-state index in [0.29, 0.717) is 18.9 Å². The fourth-order valence-corrected chi connectivity index (χ4v) is 2.63. The molecule has 25 heavy (non-hydrogen) atoms. The van der Waals surface area contributed by atoms with Crippen LogP contribution in [-0.2, 0) is 6.54 Å². The molecule has 130 valence electrons. The summed E-state index contributed by atoms with van der Waals surface area (Å²) in [6.07, 6.45) is 0. The third-order valence-electron chi connectivity index (χ3n) is 3.81. The van der Waals surface area contributed by atoms with Gasteiger partial charge in [-0.25, -0.2) is 9.50 Å². The minimum Gasteiger partial charge on any atom is -0.494 e. The molecule has 0 saturated heterocycles. The van der Waals surface area contributed by atoms with Crippen molar-refractivity contribution in [3.05, 3.63) is 53.1 Å². The average Bonchev–Trinajstić information content (AvgIpc) is 3.00. The van der Waals surface area contributed by atoms with Crippen molar-refractivity contribution in [2.45, 2.75) is 27.3 Å². The maximum absolute atomic E-state index is 12.6. The van der Waals surface area contributed by atoms with Gasteiger partial charge in [-0.1, -0.05) is 12.1 Å². The third-order valence-corrected chi connectivity index (χ3v) is 3.81. The number of carbonyl (C=O) groups excluding carboxylic acids is 1. The van der Waals surface area contributed by atoms with Crippen LogP contribution >= 0.6 is 0 Å². The molecule has 1 aromatic carbocycles. The number of benzene rings is 1. The predicted molar refractivity (Wildman–Crippen MR) is 93.7 cm³/mol. The van der Waals surface area contributed by atoms with Gasteiger partial charge in [-0.3, -0.25) is 4.79 Å². The van der Waals surface area contributed by atoms with Gasteiger partial charge in [-0.15, -0.1) is 5.10 Å². The molecule has 2 heterocycles. The molecule has 0 spiro atoms. The van der Waals surface area contributed by atoms with Crippen LogP contribution in [0.1, 0.15) is 34.5 Å². The highest BCUT2D eigenvalue weighted by atomic mass is 16.5. The van der Waals surface area contributed by atoms with Gasteiger partial charge in [0, 0.05) is 25.0 Å². The number of ether oxygens (including phenoxy) is 1. The van der Waals surface area contributed by atoms with E-state index in [9.17, 15) is 4.79 Å². The fraction of sp³-hybridized carbons (Fsp3) is 0.333. The van der Waals surface area contributed by atoms with Crippen LogP contribution in [0.2, 0.25) is 0 Å². The van der Waals surface area contributed by atoms with Crippen molar-refractivity contribution in [2.75, 3.05) is 13.7 Å². The molecule has 2 aromatic heterocycles. The van der Waals surface area contributed by atoms with Crippen LogP contribution in [0.15, 0.2) is 30.3 Å². The highest BCUT2D eigenvalue weighted by molar-refractivity contribution is 5.90. The number of hydrogen-bond acceptors (Lipinski definition) is 5. The summed E-state index contributed by atoms with van der Waals surface area (Å²) in [6, 6.07) is 9.59. The molecule has 0 atom stereocenters. The number of hydrogen-bond donors (Lipinski definition) is 0. The second-order valence-electron chi connectivity index (χ2n) is 5.92. The van der Waals surface area contributed by atoms with Crippen molar-refractivity contribution in [1.82, 2.24) is 24.5 Å². The number of aromatic nitrogens is 4. The zero-order valence-corrected chi connectivity index (χ0v) is 14.9. The van der Waals surface area contributed by atoms with E-state index >= 15 is 0 Å². The monoisotopic (exact) mass is 339 g/mol. The smallest absolute Gasteiger partial charge is 0.293 e. The first-order valence-electron chi connectivity index (χ1n) is 8.16. The zero-order chi connectivity index (χ0) is 18.0. The maximum atomic E-state index is 12.6. The number of rotatable bonds is 5. The van der Waals surface area contributed by atoms with E-state index in [-0.39, 0.29) is 11.7 Å². The number of nitrogens with zero attached hydrogens (tertiary/aromatic N) is 5. The number of fused-ring (bicyclic) bond motifs is 1. The highest BCUT2D eigenvalue weighted by Crippen LogP contribution is 2.14. The topological polar surface area (TPSA) is 72.6 Å². The van der Waals surface area contributed by atoms with E-state index in [1.54, 1.807) is 16.5 Å². The van der Waals surface area contributed by atoms with Crippen molar-refractivity contribution in [3.8, 4) is 5.75 Å². The van der Waals surface area contributed by atoms with E-state index < -0.39 is 0 Å². The molecule has 0 unspecified atom stereocenters. The summed E-state index contributed by atoms with van der Waals surface area (Å²) in [5.74, 6) is 1.17. The van der Waals surface area contributed by atoms with Crippen molar-refractivity contribution in [3.63, 3.8) is 0 Å². The van der Waals surface area contributed by atoms with Crippen molar-refractivity contribution < 1.29 is 9.53 Å². The Morgan fingerprint density at radius 2 is 1.92 bits per heavy atom. The van der Waals surface area contributed by atoms with Crippen LogP contribution in [0.25, 0.3) is 5.78 Å². The second-order valence-corrected chi connectivity index (χ2v) is 5.92.